The minimum Gasteiger partial charge on any atom is -0.353 e. The molecule has 0 N–H and O–H groups in total. The molecule has 0 radical (unpaired) electrons. The number of aryl methyl sites for hydroxylation is 1. The molecule has 4 nitrogen and oxygen atoms in total. The third kappa shape index (κ3) is 7.93. The summed E-state index contributed by atoms with van der Waals surface area (Å²) < 4.78 is 2.53. The molecule has 8 aromatic carbocycles. The van der Waals surface area contributed by atoms with E-state index in [1.165, 1.54) is 83.6 Å². The zero-order valence-electron chi connectivity index (χ0n) is 44.7. The molecule has 2 aliphatic heterocycles. The summed E-state index contributed by atoms with van der Waals surface area (Å²) in [5, 5.41) is 1.24. The van der Waals surface area contributed by atoms with Gasteiger partial charge in [-0.25, -0.2) is 0 Å². The van der Waals surface area contributed by atoms with E-state index in [9.17, 15) is 0 Å². The lowest BCUT2D eigenvalue weighted by atomic mass is 9.35. The number of hydrogen-bond acceptors (Lipinski definition) is 3. The SMILES string of the molecule is Cn1c2c(c3cccc(-c4ccccc4)c31)N(c1ccc(C(C)(C)C)cc1)c1cccc3c1B2c1ccc(N(c2ccc(C(C)(C)C)cc2)c2ccc(C(C)(C)C)cc2)cc1N3c1ccc(C(C)(C)C)cc1. The van der Waals surface area contributed by atoms with Crippen LogP contribution < -0.4 is 31.2 Å². The molecule has 9 aromatic rings. The van der Waals surface area contributed by atoms with Gasteiger partial charge in [-0.3, -0.25) is 0 Å². The molecule has 360 valence electrons. The molecular weight excluding hydrogens is 872 g/mol. The average Bonchev–Trinajstić information content (AvgIpc) is 3.65. The number of benzene rings is 8. The molecule has 3 heterocycles. The van der Waals surface area contributed by atoms with E-state index >= 15 is 0 Å². The second kappa shape index (κ2) is 16.9. The molecule has 5 heteroatoms. The highest BCUT2D eigenvalue weighted by Crippen LogP contribution is 2.49. The Kier molecular flexibility index (Phi) is 11.1. The third-order valence-corrected chi connectivity index (χ3v) is 15.4. The minimum atomic E-state index is -0.0722. The lowest BCUT2D eigenvalue weighted by Gasteiger charge is -2.44. The summed E-state index contributed by atoms with van der Waals surface area (Å²) in [6.45, 7) is 27.4. The number of nitrogens with zero attached hydrogens (tertiary/aromatic N) is 4. The normalized spacial score (nSPS) is 13.5. The Labute approximate surface area is 429 Å². The minimum absolute atomic E-state index is 0.0146. The molecule has 72 heavy (non-hydrogen) atoms. The molecule has 0 bridgehead atoms. The van der Waals surface area contributed by atoms with Crippen LogP contribution in [0.15, 0.2) is 182 Å². The summed E-state index contributed by atoms with van der Waals surface area (Å²) >= 11 is 0. The first-order chi connectivity index (χ1) is 34.2. The fraction of sp³-hybridized carbons (Fsp3) is 0.254. The number of rotatable bonds is 6. The van der Waals surface area contributed by atoms with Crippen molar-refractivity contribution in [2.45, 2.75) is 105 Å². The van der Waals surface area contributed by atoms with Gasteiger partial charge in [-0.2, -0.15) is 0 Å². The molecule has 1 aromatic heterocycles. The summed E-state index contributed by atoms with van der Waals surface area (Å²) in [6, 6.07) is 69.2. The van der Waals surface area contributed by atoms with Gasteiger partial charge >= 0.3 is 0 Å². The molecule has 0 amide bonds. The third-order valence-electron chi connectivity index (χ3n) is 15.4. The van der Waals surface area contributed by atoms with Crippen LogP contribution in [0, 0.1) is 0 Å². The van der Waals surface area contributed by atoms with Crippen molar-refractivity contribution < 1.29 is 0 Å². The van der Waals surface area contributed by atoms with E-state index in [4.69, 9.17) is 0 Å². The molecule has 0 aliphatic carbocycles. The molecule has 0 saturated carbocycles. The van der Waals surface area contributed by atoms with E-state index in [0.717, 1.165) is 28.4 Å². The quantitative estimate of drug-likeness (QED) is 0.154. The van der Waals surface area contributed by atoms with Crippen LogP contribution in [-0.4, -0.2) is 11.3 Å². The van der Waals surface area contributed by atoms with Crippen LogP contribution in [0.5, 0.6) is 0 Å². The number of aromatic nitrogens is 1. The highest BCUT2D eigenvalue weighted by molar-refractivity contribution is 7.00. The van der Waals surface area contributed by atoms with Crippen LogP contribution in [0.1, 0.15) is 105 Å². The first-order valence-corrected chi connectivity index (χ1v) is 25.9. The summed E-state index contributed by atoms with van der Waals surface area (Å²) in [7, 11) is 2.30. The summed E-state index contributed by atoms with van der Waals surface area (Å²) in [5.41, 5.74) is 23.4. The second-order valence-electron chi connectivity index (χ2n) is 24.4. The van der Waals surface area contributed by atoms with E-state index < -0.39 is 0 Å². The standard InChI is InChI=1S/C67H69BN4/c1-64(2,3)45-25-33-49(34-26-45)70(50-35-27-46(28-36-50)65(4,5)6)53-41-42-56-59(43-53)71(51-37-29-47(30-38-51)66(7,8)9)57-23-18-24-58-60(57)68(56)63-62(72(58)52-39-31-48(32-40-52)67(10,11)12)55-22-17-21-54(61(55)69(63)13)44-19-15-14-16-20-44/h14-43H,1-13H3. The molecule has 0 fully saturated rings. The van der Waals surface area contributed by atoms with Gasteiger partial charge in [0.15, 0.2) is 0 Å². The van der Waals surface area contributed by atoms with Gasteiger partial charge in [0.05, 0.1) is 11.2 Å². The Morgan fingerprint density at radius 1 is 0.403 bits per heavy atom. The Balaban J connectivity index is 1.20. The van der Waals surface area contributed by atoms with E-state index in [1.54, 1.807) is 0 Å². The van der Waals surface area contributed by atoms with Gasteiger partial charge in [0.2, 0.25) is 0 Å². The molecule has 0 unspecified atom stereocenters. The van der Waals surface area contributed by atoms with Crippen molar-refractivity contribution in [3.63, 3.8) is 0 Å². The maximum atomic E-state index is 2.57. The topological polar surface area (TPSA) is 14.7 Å². The van der Waals surface area contributed by atoms with Gasteiger partial charge in [0, 0.05) is 69.1 Å². The number of para-hydroxylation sites is 1. The number of anilines is 9. The average molecular weight is 941 g/mol. The van der Waals surface area contributed by atoms with Gasteiger partial charge in [-0.05, 0) is 133 Å². The summed E-state index contributed by atoms with van der Waals surface area (Å²) in [5.74, 6) is 0. The lowest BCUT2D eigenvalue weighted by molar-refractivity contribution is 0.590. The predicted octanol–water partition coefficient (Wildman–Crippen LogP) is 16.6. The van der Waals surface area contributed by atoms with Gasteiger partial charge < -0.3 is 19.3 Å². The number of fused-ring (bicyclic) bond motifs is 6. The fourth-order valence-corrected chi connectivity index (χ4v) is 11.4. The van der Waals surface area contributed by atoms with E-state index in [0.29, 0.717) is 0 Å². The molecule has 0 saturated heterocycles. The van der Waals surface area contributed by atoms with Crippen LogP contribution in [-0.2, 0) is 28.7 Å². The van der Waals surface area contributed by atoms with E-state index in [2.05, 4.69) is 291 Å². The van der Waals surface area contributed by atoms with Crippen LogP contribution in [0.4, 0.5) is 51.2 Å². The zero-order valence-corrected chi connectivity index (χ0v) is 44.7. The largest absolute Gasteiger partial charge is 0.353 e. The van der Waals surface area contributed by atoms with E-state index in [1.807, 2.05) is 0 Å². The van der Waals surface area contributed by atoms with Crippen molar-refractivity contribution in [2.75, 3.05) is 14.7 Å². The van der Waals surface area contributed by atoms with E-state index in [-0.39, 0.29) is 28.4 Å². The molecule has 0 spiro atoms. The number of hydrogen-bond donors (Lipinski definition) is 0. The molecule has 0 atom stereocenters. The highest BCUT2D eigenvalue weighted by Gasteiger charge is 2.46. The van der Waals surface area contributed by atoms with Crippen molar-refractivity contribution in [3.05, 3.63) is 204 Å². The van der Waals surface area contributed by atoms with Gasteiger partial charge in [-0.15, -0.1) is 0 Å². The Hall–Kier alpha value is -7.24. The zero-order chi connectivity index (χ0) is 50.6. The van der Waals surface area contributed by atoms with Crippen LogP contribution in [0.2, 0.25) is 0 Å². The second-order valence-corrected chi connectivity index (χ2v) is 24.4. The van der Waals surface area contributed by atoms with Crippen molar-refractivity contribution in [3.8, 4) is 11.1 Å². The van der Waals surface area contributed by atoms with Crippen molar-refractivity contribution >= 4 is 85.3 Å². The Morgan fingerprint density at radius 3 is 1.35 bits per heavy atom. The molecule has 2 aliphatic rings. The summed E-state index contributed by atoms with van der Waals surface area (Å²) in [4.78, 5) is 7.57. The Morgan fingerprint density at radius 2 is 0.847 bits per heavy atom. The maximum Gasteiger partial charge on any atom is 0.272 e. The molecular formula is C67H69BN4. The Bertz CT molecular complexity index is 3430. The van der Waals surface area contributed by atoms with Crippen molar-refractivity contribution in [1.29, 1.82) is 0 Å². The monoisotopic (exact) mass is 941 g/mol. The highest BCUT2D eigenvalue weighted by atomic mass is 15.2. The maximum absolute atomic E-state index is 2.57. The predicted molar refractivity (Wildman–Crippen MR) is 312 cm³/mol. The van der Waals surface area contributed by atoms with Gasteiger partial charge in [-0.1, -0.05) is 192 Å². The van der Waals surface area contributed by atoms with Crippen molar-refractivity contribution in [1.82, 2.24) is 4.57 Å². The smallest absolute Gasteiger partial charge is 0.272 e. The van der Waals surface area contributed by atoms with Crippen molar-refractivity contribution in [2.24, 2.45) is 7.05 Å². The van der Waals surface area contributed by atoms with Crippen LogP contribution in [0.25, 0.3) is 22.0 Å². The fourth-order valence-electron chi connectivity index (χ4n) is 11.4. The van der Waals surface area contributed by atoms with Gasteiger partial charge in [0.25, 0.3) is 6.71 Å². The van der Waals surface area contributed by atoms with Crippen LogP contribution in [0.3, 0.4) is 0 Å². The first-order valence-electron chi connectivity index (χ1n) is 25.9. The molecule has 11 rings (SSSR count). The van der Waals surface area contributed by atoms with Gasteiger partial charge in [0.1, 0.15) is 0 Å². The first kappa shape index (κ1) is 47.1. The van der Waals surface area contributed by atoms with Crippen LogP contribution >= 0.6 is 0 Å². The summed E-state index contributed by atoms with van der Waals surface area (Å²) in [6.07, 6.45) is 0. The lowest BCUT2D eigenvalue weighted by Crippen LogP contribution is -2.62.